The minimum atomic E-state index is -0.330. The van der Waals surface area contributed by atoms with Crippen molar-refractivity contribution < 1.29 is 19.1 Å². The van der Waals surface area contributed by atoms with Crippen LogP contribution in [0.4, 0.5) is 11.4 Å². The summed E-state index contributed by atoms with van der Waals surface area (Å²) in [6.45, 7) is 0.463. The third-order valence-corrected chi connectivity index (χ3v) is 5.06. The first kappa shape index (κ1) is 20.3. The number of hydrogen-bond donors (Lipinski definition) is 1. The lowest BCUT2D eigenvalue weighted by Crippen LogP contribution is -2.26. The topological polar surface area (TPSA) is 75.7 Å². The Labute approximate surface area is 180 Å². The van der Waals surface area contributed by atoms with Gasteiger partial charge in [-0.05, 0) is 42.8 Å². The lowest BCUT2D eigenvalue weighted by molar-refractivity contribution is -0.118. The van der Waals surface area contributed by atoms with Gasteiger partial charge in [0.05, 0.1) is 11.4 Å². The zero-order valence-electron chi connectivity index (χ0n) is 16.9. The van der Waals surface area contributed by atoms with E-state index in [1.54, 1.807) is 47.4 Å². The minimum Gasteiger partial charge on any atom is -0.484 e. The van der Waals surface area contributed by atoms with Crippen molar-refractivity contribution in [2.75, 3.05) is 23.4 Å². The Hall–Kier alpha value is -3.93. The Morgan fingerprint density at radius 2 is 1.55 bits per heavy atom. The highest BCUT2D eigenvalue weighted by Crippen LogP contribution is 2.29. The van der Waals surface area contributed by atoms with Gasteiger partial charge in [-0.3, -0.25) is 14.4 Å². The molecule has 1 aliphatic heterocycles. The second-order valence-electron chi connectivity index (χ2n) is 7.22. The first-order chi connectivity index (χ1) is 15.1. The number of benzene rings is 3. The van der Waals surface area contributed by atoms with Gasteiger partial charge in [-0.15, -0.1) is 0 Å². The quantitative estimate of drug-likeness (QED) is 0.592. The average molecular weight is 414 g/mol. The molecule has 0 saturated carbocycles. The first-order valence-corrected chi connectivity index (χ1v) is 10.1. The van der Waals surface area contributed by atoms with E-state index < -0.39 is 0 Å². The van der Waals surface area contributed by atoms with Gasteiger partial charge < -0.3 is 15.0 Å². The Morgan fingerprint density at radius 1 is 0.871 bits per heavy atom. The molecule has 0 radical (unpaired) electrons. The number of hydrogen-bond acceptors (Lipinski definition) is 4. The number of nitrogens with one attached hydrogen (secondary N) is 1. The van der Waals surface area contributed by atoms with Crippen molar-refractivity contribution in [2.24, 2.45) is 0 Å². The third-order valence-electron chi connectivity index (χ3n) is 5.06. The Kier molecular flexibility index (Phi) is 6.08. The van der Waals surface area contributed by atoms with Gasteiger partial charge in [0.25, 0.3) is 5.91 Å². The fourth-order valence-electron chi connectivity index (χ4n) is 3.51. The summed E-state index contributed by atoms with van der Waals surface area (Å²) in [7, 11) is 0. The van der Waals surface area contributed by atoms with Crippen molar-refractivity contribution in [3.63, 3.8) is 0 Å². The summed E-state index contributed by atoms with van der Waals surface area (Å²) in [5.41, 5.74) is 2.44. The number of ketones is 1. The van der Waals surface area contributed by atoms with E-state index in [1.807, 2.05) is 36.4 Å². The Bertz CT molecular complexity index is 1090. The largest absolute Gasteiger partial charge is 0.484 e. The van der Waals surface area contributed by atoms with Gasteiger partial charge in [0.1, 0.15) is 5.75 Å². The van der Waals surface area contributed by atoms with Gasteiger partial charge in [-0.25, -0.2) is 0 Å². The molecular formula is C25H22N2O4. The van der Waals surface area contributed by atoms with Crippen LogP contribution < -0.4 is 15.0 Å². The van der Waals surface area contributed by atoms with Crippen molar-refractivity contribution in [1.29, 1.82) is 0 Å². The van der Waals surface area contributed by atoms with Crippen LogP contribution in [0.5, 0.6) is 5.75 Å². The van der Waals surface area contributed by atoms with Gasteiger partial charge in [-0.1, -0.05) is 42.5 Å². The number of anilines is 2. The van der Waals surface area contributed by atoms with Crippen LogP contribution in [-0.2, 0) is 9.59 Å². The molecule has 3 aromatic carbocycles. The minimum absolute atomic E-state index is 0.0584. The average Bonchev–Trinajstić information content (AvgIpc) is 3.24. The first-order valence-electron chi connectivity index (χ1n) is 10.1. The van der Waals surface area contributed by atoms with E-state index in [0.717, 1.165) is 6.42 Å². The molecule has 31 heavy (non-hydrogen) atoms. The van der Waals surface area contributed by atoms with Crippen LogP contribution in [-0.4, -0.2) is 30.7 Å². The molecule has 0 aliphatic carbocycles. The fourth-order valence-corrected chi connectivity index (χ4v) is 3.51. The van der Waals surface area contributed by atoms with Crippen LogP contribution in [0.25, 0.3) is 0 Å². The van der Waals surface area contributed by atoms with Crippen molar-refractivity contribution in [3.05, 3.63) is 90.0 Å². The maximum atomic E-state index is 12.5. The van der Waals surface area contributed by atoms with Gasteiger partial charge in [0, 0.05) is 24.1 Å². The molecule has 0 unspecified atom stereocenters. The van der Waals surface area contributed by atoms with Crippen molar-refractivity contribution in [1.82, 2.24) is 0 Å². The summed E-state index contributed by atoms with van der Waals surface area (Å²) in [5, 5.41) is 2.82. The highest BCUT2D eigenvalue weighted by molar-refractivity contribution is 6.09. The van der Waals surface area contributed by atoms with Gasteiger partial charge in [0.2, 0.25) is 5.91 Å². The molecule has 1 aliphatic rings. The molecule has 1 heterocycles. The Morgan fingerprint density at radius 3 is 2.26 bits per heavy atom. The summed E-state index contributed by atoms with van der Waals surface area (Å²) in [6.07, 6.45) is 1.33. The number of nitrogens with zero attached hydrogens (tertiary/aromatic N) is 1. The van der Waals surface area contributed by atoms with Crippen molar-refractivity contribution in [3.8, 4) is 5.75 Å². The zero-order chi connectivity index (χ0) is 21.6. The number of rotatable bonds is 7. The molecule has 0 aromatic heterocycles. The molecule has 4 rings (SSSR count). The van der Waals surface area contributed by atoms with Gasteiger partial charge >= 0.3 is 0 Å². The maximum Gasteiger partial charge on any atom is 0.262 e. The highest BCUT2D eigenvalue weighted by Gasteiger charge is 2.24. The molecule has 6 nitrogen and oxygen atoms in total. The number of amides is 2. The second-order valence-corrected chi connectivity index (χ2v) is 7.22. The van der Waals surface area contributed by atoms with E-state index in [-0.39, 0.29) is 24.2 Å². The van der Waals surface area contributed by atoms with Crippen LogP contribution in [0, 0.1) is 0 Å². The Balaban J connectivity index is 1.36. The summed E-state index contributed by atoms with van der Waals surface area (Å²) in [5.74, 6) is 0.146. The summed E-state index contributed by atoms with van der Waals surface area (Å²) in [4.78, 5) is 38.6. The van der Waals surface area contributed by atoms with Crippen LogP contribution >= 0.6 is 0 Å². The SMILES string of the molecule is O=C(COc1ccc(C(=O)c2ccccc2)cc1)Nc1ccccc1N1CCCC1=O. The fraction of sp³-hybridized carbons (Fsp3) is 0.160. The molecule has 0 atom stereocenters. The molecule has 2 amide bonds. The molecule has 156 valence electrons. The third kappa shape index (κ3) is 4.80. The molecule has 1 N–H and O–H groups in total. The van der Waals surface area contributed by atoms with E-state index in [9.17, 15) is 14.4 Å². The summed E-state index contributed by atoms with van der Waals surface area (Å²) in [6, 6.07) is 23.0. The van der Waals surface area contributed by atoms with Crippen molar-refractivity contribution in [2.45, 2.75) is 12.8 Å². The van der Waals surface area contributed by atoms with Crippen LogP contribution in [0.1, 0.15) is 28.8 Å². The van der Waals surface area contributed by atoms with E-state index in [4.69, 9.17) is 4.74 Å². The maximum absolute atomic E-state index is 12.5. The highest BCUT2D eigenvalue weighted by atomic mass is 16.5. The standard InChI is InChI=1S/C25H22N2O4/c28-23(26-21-9-4-5-10-22(21)27-16-6-11-24(27)29)17-31-20-14-12-19(13-15-20)25(30)18-7-2-1-3-8-18/h1-5,7-10,12-15H,6,11,16-17H2,(H,26,28). The predicted octanol–water partition coefficient (Wildman–Crippen LogP) is 4.06. The molecule has 1 fully saturated rings. The summed E-state index contributed by atoms with van der Waals surface area (Å²) < 4.78 is 5.56. The lowest BCUT2D eigenvalue weighted by Gasteiger charge is -2.20. The van der Waals surface area contributed by atoms with E-state index in [0.29, 0.717) is 41.2 Å². The molecule has 0 bridgehead atoms. The van der Waals surface area contributed by atoms with E-state index in [1.165, 1.54) is 0 Å². The summed E-state index contributed by atoms with van der Waals surface area (Å²) >= 11 is 0. The van der Waals surface area contributed by atoms with Crippen LogP contribution in [0.15, 0.2) is 78.9 Å². The molecule has 0 spiro atoms. The van der Waals surface area contributed by atoms with E-state index in [2.05, 4.69) is 5.32 Å². The molecule has 3 aromatic rings. The van der Waals surface area contributed by atoms with Gasteiger partial charge in [0.15, 0.2) is 12.4 Å². The number of carbonyl (C=O) groups is 3. The van der Waals surface area contributed by atoms with Crippen LogP contribution in [0.2, 0.25) is 0 Å². The predicted molar refractivity (Wildman–Crippen MR) is 118 cm³/mol. The number of para-hydroxylation sites is 2. The zero-order valence-corrected chi connectivity index (χ0v) is 16.9. The van der Waals surface area contributed by atoms with Crippen molar-refractivity contribution >= 4 is 29.0 Å². The van der Waals surface area contributed by atoms with Gasteiger partial charge in [-0.2, -0.15) is 0 Å². The number of ether oxygens (including phenoxy) is 1. The van der Waals surface area contributed by atoms with Crippen LogP contribution in [0.3, 0.4) is 0 Å². The molecular weight excluding hydrogens is 392 g/mol. The molecule has 1 saturated heterocycles. The monoisotopic (exact) mass is 414 g/mol. The second kappa shape index (κ2) is 9.26. The normalized spacial score (nSPS) is 13.2. The van der Waals surface area contributed by atoms with E-state index >= 15 is 0 Å². The molecule has 6 heteroatoms. The number of carbonyl (C=O) groups excluding carboxylic acids is 3. The smallest absolute Gasteiger partial charge is 0.262 e. The lowest BCUT2D eigenvalue weighted by atomic mass is 10.0.